The first-order valence-corrected chi connectivity index (χ1v) is 7.65. The van der Waals surface area contributed by atoms with Gasteiger partial charge in [0.1, 0.15) is 0 Å². The van der Waals surface area contributed by atoms with Crippen LogP contribution < -0.4 is 5.32 Å². The van der Waals surface area contributed by atoms with Crippen LogP contribution in [-0.4, -0.2) is 6.54 Å². The fourth-order valence-electron chi connectivity index (χ4n) is 2.73. The zero-order valence-electron chi connectivity index (χ0n) is 12.3. The molecule has 0 aromatic heterocycles. The van der Waals surface area contributed by atoms with Gasteiger partial charge >= 0.3 is 0 Å². The fourth-order valence-corrected chi connectivity index (χ4v) is 2.73. The highest BCUT2D eigenvalue weighted by atomic mass is 14.8. The molecule has 0 saturated heterocycles. The molecular weight excluding hydrogens is 254 g/mol. The Kier molecular flexibility index (Phi) is 4.65. The van der Waals surface area contributed by atoms with Gasteiger partial charge in [-0.1, -0.05) is 72.8 Å². The standard InChI is InChI=1S/C20H21N/c1-2-8-17(9-3-1)10-7-15-21-16-19-13-6-12-18-11-4-5-14-20(18)19/h1-6,8-9,11-14,21H,7,10,15-16H2. The minimum Gasteiger partial charge on any atom is -0.313 e. The summed E-state index contributed by atoms with van der Waals surface area (Å²) in [5.74, 6) is 0. The van der Waals surface area contributed by atoms with Crippen LogP contribution in [-0.2, 0) is 13.0 Å². The molecule has 0 atom stereocenters. The Hall–Kier alpha value is -2.12. The van der Waals surface area contributed by atoms with E-state index in [0.29, 0.717) is 0 Å². The van der Waals surface area contributed by atoms with Crippen molar-refractivity contribution < 1.29 is 0 Å². The number of nitrogens with one attached hydrogen (secondary N) is 1. The predicted molar refractivity (Wildman–Crippen MR) is 90.4 cm³/mol. The first-order valence-electron chi connectivity index (χ1n) is 7.65. The van der Waals surface area contributed by atoms with Crippen molar-refractivity contribution in [3.05, 3.63) is 83.9 Å². The van der Waals surface area contributed by atoms with Gasteiger partial charge in [0.2, 0.25) is 0 Å². The lowest BCUT2D eigenvalue weighted by atomic mass is 10.0. The molecule has 0 bridgehead atoms. The Balaban J connectivity index is 1.51. The summed E-state index contributed by atoms with van der Waals surface area (Å²) in [6.45, 7) is 1.99. The lowest BCUT2D eigenvalue weighted by Gasteiger charge is -2.08. The maximum absolute atomic E-state index is 3.56. The molecule has 0 spiro atoms. The minimum absolute atomic E-state index is 0.941. The van der Waals surface area contributed by atoms with E-state index in [2.05, 4.69) is 78.1 Å². The minimum atomic E-state index is 0.941. The summed E-state index contributed by atoms with van der Waals surface area (Å²) in [6, 6.07) is 25.8. The Bertz CT molecular complexity index is 683. The van der Waals surface area contributed by atoms with Crippen LogP contribution >= 0.6 is 0 Å². The van der Waals surface area contributed by atoms with Gasteiger partial charge in [0, 0.05) is 6.54 Å². The van der Waals surface area contributed by atoms with E-state index < -0.39 is 0 Å². The van der Waals surface area contributed by atoms with Crippen molar-refractivity contribution in [2.75, 3.05) is 6.54 Å². The summed E-state index contributed by atoms with van der Waals surface area (Å²) in [5, 5.41) is 6.24. The summed E-state index contributed by atoms with van der Waals surface area (Å²) < 4.78 is 0. The molecule has 3 aromatic carbocycles. The van der Waals surface area contributed by atoms with Crippen molar-refractivity contribution in [3.63, 3.8) is 0 Å². The second kappa shape index (κ2) is 7.05. The Labute approximate surface area is 126 Å². The van der Waals surface area contributed by atoms with E-state index in [0.717, 1.165) is 19.5 Å². The largest absolute Gasteiger partial charge is 0.313 e. The second-order valence-corrected chi connectivity index (χ2v) is 5.40. The molecule has 0 aliphatic carbocycles. The van der Waals surface area contributed by atoms with Gasteiger partial charge in [0.05, 0.1) is 0 Å². The lowest BCUT2D eigenvalue weighted by molar-refractivity contribution is 0.651. The molecule has 0 fully saturated rings. The molecule has 1 nitrogen and oxygen atoms in total. The van der Waals surface area contributed by atoms with E-state index in [1.165, 1.54) is 28.3 Å². The molecule has 0 unspecified atom stereocenters. The molecule has 0 heterocycles. The van der Waals surface area contributed by atoms with Crippen molar-refractivity contribution in [3.8, 4) is 0 Å². The van der Waals surface area contributed by atoms with Crippen LogP contribution in [0.15, 0.2) is 72.8 Å². The smallest absolute Gasteiger partial charge is 0.0211 e. The molecule has 0 amide bonds. The van der Waals surface area contributed by atoms with Gasteiger partial charge < -0.3 is 5.32 Å². The van der Waals surface area contributed by atoms with Gasteiger partial charge in [0.15, 0.2) is 0 Å². The lowest BCUT2D eigenvalue weighted by Crippen LogP contribution is -2.15. The first-order chi connectivity index (χ1) is 10.4. The summed E-state index contributed by atoms with van der Waals surface area (Å²) in [5.41, 5.74) is 2.80. The fraction of sp³-hybridized carbons (Fsp3) is 0.200. The average molecular weight is 275 g/mol. The third kappa shape index (κ3) is 3.71. The van der Waals surface area contributed by atoms with E-state index in [1.54, 1.807) is 0 Å². The molecule has 3 rings (SSSR count). The SMILES string of the molecule is c1ccc(CCCNCc2cccc3ccccc23)cc1. The maximum atomic E-state index is 3.56. The molecule has 21 heavy (non-hydrogen) atoms. The Morgan fingerprint density at radius 2 is 1.48 bits per heavy atom. The van der Waals surface area contributed by atoms with Gasteiger partial charge in [0.25, 0.3) is 0 Å². The molecule has 1 N–H and O–H groups in total. The van der Waals surface area contributed by atoms with E-state index in [4.69, 9.17) is 0 Å². The number of hydrogen-bond donors (Lipinski definition) is 1. The highest BCUT2D eigenvalue weighted by Crippen LogP contribution is 2.18. The summed E-state index contributed by atoms with van der Waals surface area (Å²) in [4.78, 5) is 0. The van der Waals surface area contributed by atoms with Gasteiger partial charge in [-0.3, -0.25) is 0 Å². The van der Waals surface area contributed by atoms with E-state index in [9.17, 15) is 0 Å². The number of benzene rings is 3. The van der Waals surface area contributed by atoms with Crippen LogP contribution in [0.5, 0.6) is 0 Å². The second-order valence-electron chi connectivity index (χ2n) is 5.40. The third-order valence-electron chi connectivity index (χ3n) is 3.86. The van der Waals surface area contributed by atoms with Gasteiger partial charge in [-0.25, -0.2) is 0 Å². The molecule has 106 valence electrons. The van der Waals surface area contributed by atoms with Crippen LogP contribution in [0.1, 0.15) is 17.5 Å². The molecule has 0 radical (unpaired) electrons. The van der Waals surface area contributed by atoms with Gasteiger partial charge in [-0.05, 0) is 41.3 Å². The van der Waals surface area contributed by atoms with Crippen LogP contribution in [0.3, 0.4) is 0 Å². The van der Waals surface area contributed by atoms with Gasteiger partial charge in [-0.2, -0.15) is 0 Å². The van der Waals surface area contributed by atoms with Crippen molar-refractivity contribution in [2.24, 2.45) is 0 Å². The average Bonchev–Trinajstić information content (AvgIpc) is 2.56. The van der Waals surface area contributed by atoms with Crippen LogP contribution in [0, 0.1) is 0 Å². The van der Waals surface area contributed by atoms with Crippen molar-refractivity contribution >= 4 is 10.8 Å². The quantitative estimate of drug-likeness (QED) is 0.650. The van der Waals surface area contributed by atoms with Crippen molar-refractivity contribution in [1.29, 1.82) is 0 Å². The number of rotatable bonds is 6. The zero-order chi connectivity index (χ0) is 14.3. The molecule has 0 saturated carbocycles. The third-order valence-corrected chi connectivity index (χ3v) is 3.86. The van der Waals surface area contributed by atoms with Crippen LogP contribution in [0.2, 0.25) is 0 Å². The highest BCUT2D eigenvalue weighted by molar-refractivity contribution is 5.85. The zero-order valence-corrected chi connectivity index (χ0v) is 12.3. The Morgan fingerprint density at radius 1 is 0.714 bits per heavy atom. The number of aryl methyl sites for hydroxylation is 1. The summed E-state index contributed by atoms with van der Waals surface area (Å²) >= 11 is 0. The topological polar surface area (TPSA) is 12.0 Å². The van der Waals surface area contributed by atoms with Crippen molar-refractivity contribution in [2.45, 2.75) is 19.4 Å². The number of hydrogen-bond acceptors (Lipinski definition) is 1. The predicted octanol–water partition coefficient (Wildman–Crippen LogP) is 4.56. The molecular formula is C20H21N. The van der Waals surface area contributed by atoms with E-state index in [1.807, 2.05) is 0 Å². The Morgan fingerprint density at radius 3 is 2.38 bits per heavy atom. The first kappa shape index (κ1) is 13.8. The molecule has 1 heteroatoms. The summed E-state index contributed by atoms with van der Waals surface area (Å²) in [7, 11) is 0. The molecule has 3 aromatic rings. The molecule has 0 aliphatic heterocycles. The van der Waals surface area contributed by atoms with Crippen LogP contribution in [0.25, 0.3) is 10.8 Å². The normalized spacial score (nSPS) is 10.9. The number of fused-ring (bicyclic) bond motifs is 1. The summed E-state index contributed by atoms with van der Waals surface area (Å²) in [6.07, 6.45) is 2.32. The van der Waals surface area contributed by atoms with E-state index in [-0.39, 0.29) is 0 Å². The highest BCUT2D eigenvalue weighted by Gasteiger charge is 1.99. The molecule has 0 aliphatic rings. The van der Waals surface area contributed by atoms with Gasteiger partial charge in [-0.15, -0.1) is 0 Å². The van der Waals surface area contributed by atoms with Crippen molar-refractivity contribution in [1.82, 2.24) is 5.32 Å². The monoisotopic (exact) mass is 275 g/mol. The maximum Gasteiger partial charge on any atom is 0.0211 e. The van der Waals surface area contributed by atoms with E-state index >= 15 is 0 Å². The van der Waals surface area contributed by atoms with Crippen LogP contribution in [0.4, 0.5) is 0 Å².